The molecule has 2 N–H and O–H groups in total. The van der Waals surface area contributed by atoms with Gasteiger partial charge in [-0.2, -0.15) is 0 Å². The van der Waals surface area contributed by atoms with Crippen LogP contribution in [0.1, 0.15) is 20.8 Å². The Bertz CT molecular complexity index is 222. The quantitative estimate of drug-likeness (QED) is 0.571. The molecular weight excluding hydrogens is 152 g/mol. The third kappa shape index (κ3) is 1.32. The third-order valence-electron chi connectivity index (χ3n) is 2.41. The molecule has 0 aromatic heterocycles. The number of aliphatic hydroxyl groups is 2. The van der Waals surface area contributed by atoms with Crippen LogP contribution in [0.15, 0.2) is 24.3 Å². The van der Waals surface area contributed by atoms with Gasteiger partial charge >= 0.3 is 0 Å². The van der Waals surface area contributed by atoms with Gasteiger partial charge in [-0.25, -0.2) is 0 Å². The van der Waals surface area contributed by atoms with E-state index in [0.717, 1.165) is 0 Å². The minimum atomic E-state index is -1.14. The summed E-state index contributed by atoms with van der Waals surface area (Å²) in [6, 6.07) is 0. The minimum absolute atomic E-state index is 0.353. The number of hydrogen-bond acceptors (Lipinski definition) is 2. The zero-order valence-corrected chi connectivity index (χ0v) is 7.78. The van der Waals surface area contributed by atoms with Crippen molar-refractivity contribution in [2.45, 2.75) is 32.5 Å². The fourth-order valence-corrected chi connectivity index (χ4v) is 1.31. The Kier molecular flexibility index (Phi) is 2.15. The van der Waals surface area contributed by atoms with Crippen molar-refractivity contribution in [3.63, 3.8) is 0 Å². The monoisotopic (exact) mass is 168 g/mol. The van der Waals surface area contributed by atoms with E-state index in [2.05, 4.69) is 0 Å². The van der Waals surface area contributed by atoms with E-state index in [1.54, 1.807) is 24.3 Å². The van der Waals surface area contributed by atoms with Gasteiger partial charge in [0.15, 0.2) is 0 Å². The Labute approximate surface area is 73.2 Å². The predicted octanol–water partition coefficient (Wildman–Crippen LogP) is 1.25. The van der Waals surface area contributed by atoms with Crippen LogP contribution in [-0.2, 0) is 0 Å². The maximum absolute atomic E-state index is 10.1. The third-order valence-corrected chi connectivity index (χ3v) is 2.41. The highest BCUT2D eigenvalue weighted by atomic mass is 16.3. The molecule has 2 atom stereocenters. The van der Waals surface area contributed by atoms with Crippen molar-refractivity contribution in [1.82, 2.24) is 0 Å². The molecule has 68 valence electrons. The van der Waals surface area contributed by atoms with Gasteiger partial charge in [-0.15, -0.1) is 0 Å². The standard InChI is InChI=1S/C10H16O2/c1-9(2,3)10(12)7-5-4-6-8(10)11/h4-8,11-12H,1-3H3. The van der Waals surface area contributed by atoms with Crippen LogP contribution >= 0.6 is 0 Å². The van der Waals surface area contributed by atoms with Crippen molar-refractivity contribution in [2.24, 2.45) is 5.41 Å². The van der Waals surface area contributed by atoms with Gasteiger partial charge in [-0.3, -0.25) is 0 Å². The normalized spacial score (nSPS) is 35.6. The molecule has 0 radical (unpaired) electrons. The molecule has 0 bridgehead atoms. The van der Waals surface area contributed by atoms with Gasteiger partial charge in [0.1, 0.15) is 11.7 Å². The van der Waals surface area contributed by atoms with Crippen molar-refractivity contribution < 1.29 is 10.2 Å². The number of rotatable bonds is 0. The summed E-state index contributed by atoms with van der Waals surface area (Å²) in [7, 11) is 0. The minimum Gasteiger partial charge on any atom is -0.386 e. The lowest BCUT2D eigenvalue weighted by molar-refractivity contribution is -0.0880. The lowest BCUT2D eigenvalue weighted by atomic mass is 9.71. The van der Waals surface area contributed by atoms with Gasteiger partial charge in [-0.1, -0.05) is 39.0 Å². The highest BCUT2D eigenvalue weighted by molar-refractivity contribution is 5.25. The molecule has 1 aliphatic rings. The zero-order chi connectivity index (χ0) is 9.41. The summed E-state index contributed by atoms with van der Waals surface area (Å²) in [6.45, 7) is 5.71. The molecule has 1 aliphatic carbocycles. The SMILES string of the molecule is CC(C)(C)C1(O)C=CC=CC1O. The van der Waals surface area contributed by atoms with Gasteiger partial charge in [0, 0.05) is 0 Å². The first-order valence-corrected chi connectivity index (χ1v) is 4.14. The largest absolute Gasteiger partial charge is 0.386 e. The number of aliphatic hydroxyl groups excluding tert-OH is 1. The Balaban J connectivity index is 2.99. The van der Waals surface area contributed by atoms with Gasteiger partial charge in [0.05, 0.1) is 0 Å². The molecule has 1 rings (SSSR count). The second-order valence-electron chi connectivity index (χ2n) is 4.26. The van der Waals surface area contributed by atoms with Gasteiger partial charge in [0.2, 0.25) is 0 Å². The number of allylic oxidation sites excluding steroid dienone is 2. The fraction of sp³-hybridized carbons (Fsp3) is 0.600. The van der Waals surface area contributed by atoms with E-state index >= 15 is 0 Å². The average molecular weight is 168 g/mol. The summed E-state index contributed by atoms with van der Waals surface area (Å²) in [5.74, 6) is 0. The van der Waals surface area contributed by atoms with Crippen molar-refractivity contribution in [2.75, 3.05) is 0 Å². The lowest BCUT2D eigenvalue weighted by Crippen LogP contribution is -2.51. The molecule has 0 saturated carbocycles. The van der Waals surface area contributed by atoms with E-state index in [1.165, 1.54) is 0 Å². The van der Waals surface area contributed by atoms with Crippen LogP contribution in [0.3, 0.4) is 0 Å². The van der Waals surface area contributed by atoms with Crippen LogP contribution in [0, 0.1) is 5.41 Å². The van der Waals surface area contributed by atoms with Gasteiger partial charge in [0.25, 0.3) is 0 Å². The summed E-state index contributed by atoms with van der Waals surface area (Å²) in [6.07, 6.45) is 5.95. The molecule has 0 aliphatic heterocycles. The van der Waals surface area contributed by atoms with E-state index in [-0.39, 0.29) is 5.41 Å². The molecule has 12 heavy (non-hydrogen) atoms. The Morgan fingerprint density at radius 2 is 1.83 bits per heavy atom. The van der Waals surface area contributed by atoms with E-state index in [1.807, 2.05) is 20.8 Å². The molecule has 2 nitrogen and oxygen atoms in total. The average Bonchev–Trinajstić information content (AvgIpc) is 1.93. The Morgan fingerprint density at radius 3 is 2.17 bits per heavy atom. The molecule has 0 aromatic carbocycles. The second kappa shape index (κ2) is 2.71. The first-order valence-electron chi connectivity index (χ1n) is 4.14. The Morgan fingerprint density at radius 1 is 1.25 bits per heavy atom. The highest BCUT2D eigenvalue weighted by Gasteiger charge is 2.43. The molecule has 2 heteroatoms. The van der Waals surface area contributed by atoms with Crippen LogP contribution in [0.5, 0.6) is 0 Å². The smallest absolute Gasteiger partial charge is 0.117 e. The second-order valence-corrected chi connectivity index (χ2v) is 4.26. The van der Waals surface area contributed by atoms with Crippen LogP contribution in [0.25, 0.3) is 0 Å². The highest BCUT2D eigenvalue weighted by Crippen LogP contribution is 2.36. The summed E-state index contributed by atoms with van der Waals surface area (Å²) in [5, 5.41) is 19.7. The topological polar surface area (TPSA) is 40.5 Å². The van der Waals surface area contributed by atoms with E-state index in [9.17, 15) is 10.2 Å². The molecule has 0 amide bonds. The molecule has 0 saturated heterocycles. The van der Waals surface area contributed by atoms with E-state index in [4.69, 9.17) is 0 Å². The van der Waals surface area contributed by atoms with Gasteiger partial charge in [-0.05, 0) is 11.5 Å². The molecule has 0 aromatic rings. The van der Waals surface area contributed by atoms with Crippen LogP contribution in [0.2, 0.25) is 0 Å². The summed E-state index contributed by atoms with van der Waals surface area (Å²) < 4.78 is 0. The fourth-order valence-electron chi connectivity index (χ4n) is 1.31. The zero-order valence-electron chi connectivity index (χ0n) is 7.78. The lowest BCUT2D eigenvalue weighted by Gasteiger charge is -2.41. The maximum atomic E-state index is 10.1. The summed E-state index contributed by atoms with van der Waals surface area (Å²) in [4.78, 5) is 0. The van der Waals surface area contributed by atoms with E-state index < -0.39 is 11.7 Å². The van der Waals surface area contributed by atoms with Crippen molar-refractivity contribution in [3.8, 4) is 0 Å². The Hall–Kier alpha value is -0.600. The van der Waals surface area contributed by atoms with Crippen molar-refractivity contribution in [3.05, 3.63) is 24.3 Å². The molecule has 0 spiro atoms. The van der Waals surface area contributed by atoms with Crippen molar-refractivity contribution >= 4 is 0 Å². The first-order chi connectivity index (χ1) is 5.38. The van der Waals surface area contributed by atoms with Crippen molar-refractivity contribution in [1.29, 1.82) is 0 Å². The van der Waals surface area contributed by atoms with Crippen LogP contribution < -0.4 is 0 Å². The number of hydrogen-bond donors (Lipinski definition) is 2. The predicted molar refractivity (Wildman–Crippen MR) is 48.7 cm³/mol. The van der Waals surface area contributed by atoms with Gasteiger partial charge < -0.3 is 10.2 Å². The van der Waals surface area contributed by atoms with E-state index in [0.29, 0.717) is 0 Å². The molecule has 0 fully saturated rings. The molecule has 0 heterocycles. The van der Waals surface area contributed by atoms with Crippen LogP contribution in [-0.4, -0.2) is 21.9 Å². The van der Waals surface area contributed by atoms with Crippen LogP contribution in [0.4, 0.5) is 0 Å². The first kappa shape index (κ1) is 9.49. The molecule has 2 unspecified atom stereocenters. The summed E-state index contributed by atoms with van der Waals surface area (Å²) in [5.41, 5.74) is -1.49. The summed E-state index contributed by atoms with van der Waals surface area (Å²) >= 11 is 0. The molecular formula is C10H16O2. The maximum Gasteiger partial charge on any atom is 0.117 e.